The third kappa shape index (κ3) is 4.89. The Morgan fingerprint density at radius 2 is 1.79 bits per heavy atom. The summed E-state index contributed by atoms with van der Waals surface area (Å²) in [6.45, 7) is 6.17. The fourth-order valence-electron chi connectivity index (χ4n) is 5.88. The maximum atomic E-state index is 12.3. The summed E-state index contributed by atoms with van der Waals surface area (Å²) < 4.78 is 61.4. The molecular formula is C24H31F3N4O2S. The van der Waals surface area contributed by atoms with Gasteiger partial charge in [0.05, 0.1) is 17.2 Å². The average Bonchev–Trinajstić information content (AvgIpc) is 3.16. The number of fused-ring (bicyclic) bond motifs is 1. The molecule has 6 nitrogen and oxygen atoms in total. The Morgan fingerprint density at radius 1 is 1.09 bits per heavy atom. The summed E-state index contributed by atoms with van der Waals surface area (Å²) in [6.07, 6.45) is 3.96. The Kier molecular flexibility index (Phi) is 5.82. The van der Waals surface area contributed by atoms with Crippen LogP contribution in [-0.2, 0) is 16.0 Å². The number of alkyl halides is 3. The summed E-state index contributed by atoms with van der Waals surface area (Å²) in [6, 6.07) is 5.10. The third-order valence-electron chi connectivity index (χ3n) is 7.74. The van der Waals surface area contributed by atoms with Crippen molar-refractivity contribution in [1.82, 2.24) is 19.7 Å². The number of sulfone groups is 1. The van der Waals surface area contributed by atoms with Gasteiger partial charge in [-0.3, -0.25) is 14.6 Å². The van der Waals surface area contributed by atoms with Gasteiger partial charge in [-0.05, 0) is 76.1 Å². The summed E-state index contributed by atoms with van der Waals surface area (Å²) in [5.41, 5.74) is 0.466. The second-order valence-corrected chi connectivity index (χ2v) is 12.9. The Morgan fingerprint density at radius 3 is 2.32 bits per heavy atom. The largest absolute Gasteiger partial charge is 0.433 e. The van der Waals surface area contributed by atoms with Crippen LogP contribution in [0.4, 0.5) is 13.2 Å². The number of aromatic nitrogens is 3. The fraction of sp³-hybridized carbons (Fsp3) is 0.667. The van der Waals surface area contributed by atoms with Gasteiger partial charge in [-0.25, -0.2) is 8.42 Å². The van der Waals surface area contributed by atoms with E-state index in [0.29, 0.717) is 22.8 Å². The normalized spacial score (nSPS) is 28.9. The maximum absolute atomic E-state index is 12.3. The average molecular weight is 497 g/mol. The second kappa shape index (κ2) is 8.33. The highest BCUT2D eigenvalue weighted by molar-refractivity contribution is 7.92. The molecule has 0 bridgehead atoms. The Bertz CT molecular complexity index is 1120. The quantitative estimate of drug-likeness (QED) is 0.628. The highest BCUT2D eigenvalue weighted by atomic mass is 32.2. The van der Waals surface area contributed by atoms with Gasteiger partial charge in [0.1, 0.15) is 5.69 Å². The number of nitrogens with zero attached hydrogens (tertiary/aromatic N) is 4. The van der Waals surface area contributed by atoms with Gasteiger partial charge < -0.3 is 0 Å². The number of likely N-dealkylation sites (tertiary alicyclic amines) is 1. The minimum atomic E-state index is -4.41. The number of halogens is 3. The molecule has 0 amide bonds. The lowest BCUT2D eigenvalue weighted by Crippen LogP contribution is -2.50. The third-order valence-corrected chi connectivity index (χ3v) is 9.85. The first-order valence-electron chi connectivity index (χ1n) is 12.0. The van der Waals surface area contributed by atoms with Crippen molar-refractivity contribution in [2.45, 2.75) is 57.8 Å². The first-order valence-corrected chi connectivity index (χ1v) is 13.8. The molecular weight excluding hydrogens is 465 g/mol. The SMILES string of the molecule is CC(C)n1ccc(-c2ccc(C(F)(F)F)nc2)n1.O=S1(=O)CC2(CCN(C3C[C@@H]4C[C@@H]4C3)C2)C1. The highest BCUT2D eigenvalue weighted by Crippen LogP contribution is 2.54. The summed E-state index contributed by atoms with van der Waals surface area (Å²) in [7, 11) is -2.65. The molecule has 10 heteroatoms. The van der Waals surface area contributed by atoms with E-state index in [-0.39, 0.29) is 11.5 Å². The van der Waals surface area contributed by atoms with Gasteiger partial charge in [0.25, 0.3) is 0 Å². The molecule has 2 aliphatic carbocycles. The molecule has 3 atom stereocenters. The molecule has 1 spiro atoms. The van der Waals surface area contributed by atoms with Crippen LogP contribution in [0, 0.1) is 17.3 Å². The van der Waals surface area contributed by atoms with Crippen LogP contribution in [0.25, 0.3) is 11.3 Å². The monoisotopic (exact) mass is 496 g/mol. The molecule has 4 fully saturated rings. The van der Waals surface area contributed by atoms with E-state index >= 15 is 0 Å². The fourth-order valence-corrected chi connectivity index (χ4v) is 8.13. The minimum Gasteiger partial charge on any atom is -0.300 e. The van der Waals surface area contributed by atoms with Crippen LogP contribution in [0.3, 0.4) is 0 Å². The molecule has 0 radical (unpaired) electrons. The van der Waals surface area contributed by atoms with Crippen molar-refractivity contribution in [3.8, 4) is 11.3 Å². The molecule has 2 aromatic heterocycles. The van der Waals surface area contributed by atoms with Gasteiger partial charge in [-0.15, -0.1) is 0 Å². The van der Waals surface area contributed by atoms with Crippen LogP contribution in [0.2, 0.25) is 0 Å². The molecule has 0 N–H and O–H groups in total. The van der Waals surface area contributed by atoms with Crippen molar-refractivity contribution in [3.63, 3.8) is 0 Å². The van der Waals surface area contributed by atoms with Crippen molar-refractivity contribution in [2.24, 2.45) is 17.3 Å². The molecule has 34 heavy (non-hydrogen) atoms. The van der Waals surface area contributed by atoms with Gasteiger partial charge in [-0.2, -0.15) is 18.3 Å². The predicted octanol–water partition coefficient (Wildman–Crippen LogP) is 4.45. The van der Waals surface area contributed by atoms with E-state index in [2.05, 4.69) is 15.0 Å². The van der Waals surface area contributed by atoms with E-state index in [4.69, 9.17) is 0 Å². The maximum Gasteiger partial charge on any atom is 0.433 e. The van der Waals surface area contributed by atoms with E-state index in [0.717, 1.165) is 43.5 Å². The van der Waals surface area contributed by atoms with Gasteiger partial charge in [-0.1, -0.05) is 0 Å². The molecule has 186 valence electrons. The van der Waals surface area contributed by atoms with Crippen LogP contribution in [0.15, 0.2) is 30.6 Å². The molecule has 4 aliphatic rings. The highest BCUT2D eigenvalue weighted by Gasteiger charge is 2.55. The van der Waals surface area contributed by atoms with Crippen molar-refractivity contribution in [2.75, 3.05) is 24.6 Å². The van der Waals surface area contributed by atoms with Gasteiger partial charge >= 0.3 is 6.18 Å². The molecule has 1 unspecified atom stereocenters. The summed E-state index contributed by atoms with van der Waals surface area (Å²) in [5.74, 6) is 3.00. The van der Waals surface area contributed by atoms with Gasteiger partial charge in [0.2, 0.25) is 0 Å². The van der Waals surface area contributed by atoms with E-state index in [9.17, 15) is 21.6 Å². The van der Waals surface area contributed by atoms with E-state index in [1.165, 1.54) is 31.5 Å². The van der Waals surface area contributed by atoms with E-state index < -0.39 is 21.7 Å². The Labute approximate surface area is 198 Å². The van der Waals surface area contributed by atoms with Crippen LogP contribution >= 0.6 is 0 Å². The lowest BCUT2D eigenvalue weighted by atomic mass is 9.91. The Hall–Kier alpha value is -1.94. The van der Waals surface area contributed by atoms with Gasteiger partial charge in [0.15, 0.2) is 9.84 Å². The molecule has 2 aliphatic heterocycles. The minimum absolute atomic E-state index is 0.172. The summed E-state index contributed by atoms with van der Waals surface area (Å²) in [5, 5.41) is 4.27. The van der Waals surface area contributed by atoms with Gasteiger partial charge in [0, 0.05) is 42.0 Å². The number of rotatable bonds is 3. The van der Waals surface area contributed by atoms with Crippen LogP contribution in [0.5, 0.6) is 0 Å². The van der Waals surface area contributed by atoms with Crippen LogP contribution < -0.4 is 0 Å². The molecule has 6 rings (SSSR count). The second-order valence-electron chi connectivity index (χ2n) is 10.8. The van der Waals surface area contributed by atoms with Crippen LogP contribution in [0.1, 0.15) is 51.3 Å². The molecule has 2 aromatic rings. The summed E-state index contributed by atoms with van der Waals surface area (Å²) >= 11 is 0. The van der Waals surface area contributed by atoms with Crippen molar-refractivity contribution >= 4 is 9.84 Å². The molecule has 0 aromatic carbocycles. The standard InChI is InChI=1S/C12H12F3N3.C12H19NO2S/c1-8(2)18-6-5-10(17-18)9-3-4-11(16-7-9)12(13,14)15;14-16(15)7-12(8-16)1-2-13(6-12)11-4-9-3-10(9)5-11/h3-8H,1-2H3;9-11H,1-8H2/t;9-,10+,11?. The lowest BCUT2D eigenvalue weighted by Gasteiger charge is -2.38. The first-order chi connectivity index (χ1) is 15.9. The lowest BCUT2D eigenvalue weighted by molar-refractivity contribution is -0.141. The van der Waals surface area contributed by atoms with Crippen molar-refractivity contribution in [1.29, 1.82) is 0 Å². The van der Waals surface area contributed by atoms with Crippen molar-refractivity contribution in [3.05, 3.63) is 36.3 Å². The van der Waals surface area contributed by atoms with Crippen molar-refractivity contribution < 1.29 is 21.6 Å². The topological polar surface area (TPSA) is 68.1 Å². The first kappa shape index (κ1) is 23.8. The van der Waals surface area contributed by atoms with Crippen LogP contribution in [-0.4, -0.2) is 58.7 Å². The smallest absolute Gasteiger partial charge is 0.300 e. The zero-order valence-corrected chi connectivity index (χ0v) is 20.3. The molecule has 4 heterocycles. The zero-order valence-electron chi connectivity index (χ0n) is 19.5. The summed E-state index contributed by atoms with van der Waals surface area (Å²) in [4.78, 5) is 6.00. The molecule has 2 saturated heterocycles. The number of hydrogen-bond donors (Lipinski definition) is 0. The zero-order chi connectivity index (χ0) is 24.3. The predicted molar refractivity (Wildman–Crippen MR) is 123 cm³/mol. The van der Waals surface area contributed by atoms with E-state index in [1.54, 1.807) is 16.9 Å². The van der Waals surface area contributed by atoms with E-state index in [1.807, 2.05) is 13.8 Å². The number of hydrogen-bond acceptors (Lipinski definition) is 5. The number of pyridine rings is 1. The molecule has 2 saturated carbocycles. The Balaban J connectivity index is 0.000000142.